The molecule has 0 saturated carbocycles. The first kappa shape index (κ1) is 23.1. The van der Waals surface area contributed by atoms with Crippen LogP contribution in [0.2, 0.25) is 0 Å². The molecule has 0 fully saturated rings. The van der Waals surface area contributed by atoms with Crippen molar-refractivity contribution in [3.63, 3.8) is 0 Å². The van der Waals surface area contributed by atoms with Crippen molar-refractivity contribution in [1.29, 1.82) is 5.26 Å². The molecule has 0 saturated heterocycles. The van der Waals surface area contributed by atoms with Crippen molar-refractivity contribution in [3.05, 3.63) is 63.6 Å². The lowest BCUT2D eigenvalue weighted by Gasteiger charge is -2.44. The van der Waals surface area contributed by atoms with Crippen LogP contribution in [-0.4, -0.2) is 37.6 Å². The van der Waals surface area contributed by atoms with E-state index in [0.717, 1.165) is 15.7 Å². The maximum absolute atomic E-state index is 13.5. The van der Waals surface area contributed by atoms with Gasteiger partial charge in [-0.3, -0.25) is 4.79 Å². The Morgan fingerprint density at radius 1 is 1.42 bits per heavy atom. The van der Waals surface area contributed by atoms with E-state index in [1.807, 2.05) is 23.1 Å². The van der Waals surface area contributed by atoms with Gasteiger partial charge >= 0.3 is 0 Å². The summed E-state index contributed by atoms with van der Waals surface area (Å²) in [5.41, 5.74) is 8.93. The van der Waals surface area contributed by atoms with Crippen LogP contribution in [0.25, 0.3) is 0 Å². The highest BCUT2D eigenvalue weighted by Crippen LogP contribution is 2.50. The molecule has 2 N–H and O–H groups in total. The topological polar surface area (TPSA) is 88.6 Å². The summed E-state index contributed by atoms with van der Waals surface area (Å²) in [5, 5.41) is 10.1. The standard InChI is InChI=1S/C24H28BrN3O3/c1-5-9-31-20-7-6-15(25)11-16(20)21-17(14-26)23(27)28(8-10-30-4)18-12-24(2,3)13-19(29)22(18)21/h5-7,11,21H,1,8-10,12-13,27H2,2-4H3/t21-/m1/s1. The minimum Gasteiger partial charge on any atom is -0.489 e. The molecule has 1 aliphatic heterocycles. The average Bonchev–Trinajstić information content (AvgIpc) is 2.70. The summed E-state index contributed by atoms with van der Waals surface area (Å²) in [6.07, 6.45) is 2.76. The number of rotatable bonds is 7. The quantitative estimate of drug-likeness (QED) is 0.575. The Balaban J connectivity index is 2.26. The summed E-state index contributed by atoms with van der Waals surface area (Å²) in [6, 6.07) is 7.89. The first-order chi connectivity index (χ1) is 14.7. The van der Waals surface area contributed by atoms with Crippen LogP contribution in [0.3, 0.4) is 0 Å². The van der Waals surface area contributed by atoms with E-state index in [1.165, 1.54) is 0 Å². The summed E-state index contributed by atoms with van der Waals surface area (Å²) in [5.74, 6) is 0.417. The van der Waals surface area contributed by atoms with Gasteiger partial charge in [-0.1, -0.05) is 42.4 Å². The lowest BCUT2D eigenvalue weighted by molar-refractivity contribution is -0.118. The largest absolute Gasteiger partial charge is 0.489 e. The second kappa shape index (κ2) is 9.29. The molecule has 0 unspecified atom stereocenters. The van der Waals surface area contributed by atoms with Crippen molar-refractivity contribution in [1.82, 2.24) is 4.90 Å². The summed E-state index contributed by atoms with van der Waals surface area (Å²) in [6.45, 7) is 9.09. The second-order valence-corrected chi connectivity index (χ2v) is 9.49. The summed E-state index contributed by atoms with van der Waals surface area (Å²) in [4.78, 5) is 15.4. The number of nitrogens with two attached hydrogens (primary N) is 1. The molecular formula is C24H28BrN3O3. The number of halogens is 1. The zero-order valence-corrected chi connectivity index (χ0v) is 19.8. The number of hydrogen-bond acceptors (Lipinski definition) is 6. The highest BCUT2D eigenvalue weighted by Gasteiger charge is 2.44. The lowest BCUT2D eigenvalue weighted by Crippen LogP contribution is -2.43. The van der Waals surface area contributed by atoms with E-state index in [9.17, 15) is 10.1 Å². The monoisotopic (exact) mass is 485 g/mol. The van der Waals surface area contributed by atoms with Gasteiger partial charge in [0.25, 0.3) is 0 Å². The molecule has 0 bridgehead atoms. The third kappa shape index (κ3) is 4.56. The Labute approximate surface area is 192 Å². The Morgan fingerprint density at radius 2 is 2.16 bits per heavy atom. The smallest absolute Gasteiger partial charge is 0.162 e. The summed E-state index contributed by atoms with van der Waals surface area (Å²) < 4.78 is 12.0. The molecule has 7 heteroatoms. The third-order valence-electron chi connectivity index (χ3n) is 5.65. The SMILES string of the molecule is C=CCOc1ccc(Br)cc1[C@@H]1C(C#N)=C(N)N(CCOC)C2=C1C(=O)CC(C)(C)C2. The van der Waals surface area contributed by atoms with Crippen molar-refractivity contribution in [2.45, 2.75) is 32.6 Å². The van der Waals surface area contributed by atoms with Crippen molar-refractivity contribution < 1.29 is 14.3 Å². The van der Waals surface area contributed by atoms with Gasteiger partial charge in [-0.25, -0.2) is 0 Å². The molecule has 0 spiro atoms. The van der Waals surface area contributed by atoms with Gasteiger partial charge in [0.1, 0.15) is 18.2 Å². The van der Waals surface area contributed by atoms with Gasteiger partial charge in [0.2, 0.25) is 0 Å². The van der Waals surface area contributed by atoms with Crippen LogP contribution in [0.5, 0.6) is 5.75 Å². The van der Waals surface area contributed by atoms with Gasteiger partial charge in [0, 0.05) is 41.4 Å². The van der Waals surface area contributed by atoms with Crippen LogP contribution in [0.1, 0.15) is 38.2 Å². The maximum atomic E-state index is 13.5. The fourth-order valence-electron chi connectivity index (χ4n) is 4.35. The highest BCUT2D eigenvalue weighted by molar-refractivity contribution is 9.10. The van der Waals surface area contributed by atoms with Crippen LogP contribution in [0, 0.1) is 16.7 Å². The molecular weight excluding hydrogens is 458 g/mol. The predicted molar refractivity (Wildman–Crippen MR) is 123 cm³/mol. The normalized spacial score (nSPS) is 20.4. The van der Waals surface area contributed by atoms with Crippen molar-refractivity contribution >= 4 is 21.7 Å². The average molecular weight is 486 g/mol. The Morgan fingerprint density at radius 3 is 2.81 bits per heavy atom. The van der Waals surface area contributed by atoms with E-state index in [1.54, 1.807) is 13.2 Å². The number of Topliss-reactive ketones (excluding diaryl/α,β-unsaturated/α-hetero) is 1. The molecule has 0 amide bonds. The van der Waals surface area contributed by atoms with Gasteiger partial charge in [-0.15, -0.1) is 0 Å². The second-order valence-electron chi connectivity index (χ2n) is 8.57. The molecule has 0 radical (unpaired) electrons. The molecule has 2 aliphatic rings. The van der Waals surface area contributed by atoms with E-state index in [-0.39, 0.29) is 11.2 Å². The van der Waals surface area contributed by atoms with Crippen LogP contribution in [0.4, 0.5) is 0 Å². The van der Waals surface area contributed by atoms with E-state index in [4.69, 9.17) is 15.2 Å². The van der Waals surface area contributed by atoms with Crippen molar-refractivity contribution in [2.24, 2.45) is 11.1 Å². The minimum atomic E-state index is -0.584. The van der Waals surface area contributed by atoms with E-state index >= 15 is 0 Å². The lowest BCUT2D eigenvalue weighted by atomic mass is 9.68. The molecule has 1 heterocycles. The van der Waals surface area contributed by atoms with Crippen LogP contribution in [0.15, 0.2) is 58.0 Å². The molecule has 164 valence electrons. The van der Waals surface area contributed by atoms with Gasteiger partial charge in [-0.2, -0.15) is 5.26 Å². The Kier molecular flexibility index (Phi) is 6.93. The van der Waals surface area contributed by atoms with Crippen molar-refractivity contribution in [2.75, 3.05) is 26.9 Å². The summed E-state index contributed by atoms with van der Waals surface area (Å²) in [7, 11) is 1.62. The number of benzene rings is 1. The number of nitriles is 1. The van der Waals surface area contributed by atoms with Crippen LogP contribution >= 0.6 is 15.9 Å². The summed E-state index contributed by atoms with van der Waals surface area (Å²) >= 11 is 3.52. The molecule has 1 aromatic carbocycles. The number of ether oxygens (including phenoxy) is 2. The van der Waals surface area contributed by atoms with Gasteiger partial charge in [0.05, 0.1) is 24.2 Å². The molecule has 1 aliphatic carbocycles. The number of ketones is 1. The highest BCUT2D eigenvalue weighted by atomic mass is 79.9. The fourth-order valence-corrected chi connectivity index (χ4v) is 4.73. The van der Waals surface area contributed by atoms with Crippen molar-refractivity contribution in [3.8, 4) is 11.8 Å². The third-order valence-corrected chi connectivity index (χ3v) is 6.14. The Bertz CT molecular complexity index is 1000. The van der Waals surface area contributed by atoms with Gasteiger partial charge in [-0.05, 0) is 30.0 Å². The Hall–Kier alpha value is -2.56. The first-order valence-electron chi connectivity index (χ1n) is 10.2. The number of carbonyl (C=O) groups excluding carboxylic acids is 1. The zero-order valence-electron chi connectivity index (χ0n) is 18.2. The predicted octanol–water partition coefficient (Wildman–Crippen LogP) is 4.40. The molecule has 3 rings (SSSR count). The zero-order chi connectivity index (χ0) is 22.8. The molecule has 6 nitrogen and oxygen atoms in total. The van der Waals surface area contributed by atoms with Crippen LogP contribution < -0.4 is 10.5 Å². The molecule has 0 aromatic heterocycles. The van der Waals surface area contributed by atoms with Crippen LogP contribution in [-0.2, 0) is 9.53 Å². The number of hydrogen-bond donors (Lipinski definition) is 1. The number of allylic oxidation sites excluding steroid dienone is 3. The minimum absolute atomic E-state index is 0.0357. The van der Waals surface area contributed by atoms with E-state index in [2.05, 4.69) is 42.4 Å². The maximum Gasteiger partial charge on any atom is 0.162 e. The van der Waals surface area contributed by atoms with Gasteiger partial charge < -0.3 is 20.1 Å². The number of carbonyl (C=O) groups is 1. The molecule has 1 aromatic rings. The molecule has 1 atom stereocenters. The van der Waals surface area contributed by atoms with Gasteiger partial charge in [0.15, 0.2) is 5.78 Å². The fraction of sp³-hybridized carbons (Fsp3) is 0.417. The number of methoxy groups -OCH3 is 1. The molecule has 31 heavy (non-hydrogen) atoms. The van der Waals surface area contributed by atoms with E-state index in [0.29, 0.717) is 55.3 Å². The number of nitrogens with zero attached hydrogens (tertiary/aromatic N) is 2. The van der Waals surface area contributed by atoms with E-state index < -0.39 is 5.92 Å². The first-order valence-corrected chi connectivity index (χ1v) is 11.0.